The zero-order valence-corrected chi connectivity index (χ0v) is 13.1. The van der Waals surface area contributed by atoms with Gasteiger partial charge >= 0.3 is 5.97 Å². The molecule has 23 heavy (non-hydrogen) atoms. The number of carbonyl (C=O) groups is 2. The Hall–Kier alpha value is -2.69. The highest BCUT2D eigenvalue weighted by Crippen LogP contribution is 2.34. The second kappa shape index (κ2) is 5.83. The number of fused-ring (bicyclic) bond motifs is 1. The van der Waals surface area contributed by atoms with E-state index in [1.807, 2.05) is 17.0 Å². The van der Waals surface area contributed by atoms with Gasteiger partial charge in [0.2, 0.25) is 5.91 Å². The van der Waals surface area contributed by atoms with Gasteiger partial charge in [-0.1, -0.05) is 12.1 Å². The number of pyridine rings is 1. The lowest BCUT2D eigenvalue weighted by molar-refractivity contribution is -0.117. The second-order valence-electron chi connectivity index (χ2n) is 5.86. The summed E-state index contributed by atoms with van der Waals surface area (Å²) in [6, 6.07) is 9.45. The van der Waals surface area contributed by atoms with E-state index in [1.165, 1.54) is 6.07 Å². The molecule has 1 aliphatic heterocycles. The molecular formula is C18H18N2O3. The maximum Gasteiger partial charge on any atom is 0.354 e. The molecule has 0 fully saturated rings. The Kier molecular flexibility index (Phi) is 3.86. The number of hydrogen-bond donors (Lipinski definition) is 1. The van der Waals surface area contributed by atoms with Crippen LogP contribution >= 0.6 is 0 Å². The second-order valence-corrected chi connectivity index (χ2v) is 5.86. The van der Waals surface area contributed by atoms with Gasteiger partial charge in [-0.15, -0.1) is 0 Å². The van der Waals surface area contributed by atoms with E-state index in [9.17, 15) is 9.59 Å². The summed E-state index contributed by atoms with van der Waals surface area (Å²) in [6.07, 6.45) is 3.43. The standard InChI is InChI=1S/C18H18N2O3/c1-11-3-4-14-9-13(6-8-17(14)20(11)12(2)21)15-5-7-16(18(22)23)19-10-15/h5-11H,3-4H2,1-2H3,(H,22,23)/t11-/m0/s1. The lowest BCUT2D eigenvalue weighted by atomic mass is 9.93. The quantitative estimate of drug-likeness (QED) is 0.925. The van der Waals surface area contributed by atoms with Crippen molar-refractivity contribution in [1.29, 1.82) is 0 Å². The molecular weight excluding hydrogens is 292 g/mol. The summed E-state index contributed by atoms with van der Waals surface area (Å²) in [5, 5.41) is 8.91. The first-order valence-corrected chi connectivity index (χ1v) is 7.60. The third kappa shape index (κ3) is 2.82. The smallest absolute Gasteiger partial charge is 0.354 e. The number of aryl methyl sites for hydroxylation is 1. The number of aromatic carboxylic acids is 1. The van der Waals surface area contributed by atoms with Crippen LogP contribution in [0.3, 0.4) is 0 Å². The summed E-state index contributed by atoms with van der Waals surface area (Å²) in [7, 11) is 0. The summed E-state index contributed by atoms with van der Waals surface area (Å²) in [5.41, 5.74) is 3.98. The van der Waals surface area contributed by atoms with Crippen LogP contribution < -0.4 is 4.90 Å². The maximum atomic E-state index is 11.9. The summed E-state index contributed by atoms with van der Waals surface area (Å²) < 4.78 is 0. The average Bonchev–Trinajstić information content (AvgIpc) is 2.54. The average molecular weight is 310 g/mol. The largest absolute Gasteiger partial charge is 0.477 e. The van der Waals surface area contributed by atoms with Gasteiger partial charge in [-0.2, -0.15) is 0 Å². The van der Waals surface area contributed by atoms with Crippen molar-refractivity contribution in [2.45, 2.75) is 32.7 Å². The first kappa shape index (κ1) is 15.2. The summed E-state index contributed by atoms with van der Waals surface area (Å²) >= 11 is 0. The molecule has 1 aromatic heterocycles. The van der Waals surface area contributed by atoms with Crippen molar-refractivity contribution in [3.63, 3.8) is 0 Å². The molecule has 0 saturated heterocycles. The topological polar surface area (TPSA) is 70.5 Å². The first-order valence-electron chi connectivity index (χ1n) is 7.60. The number of benzene rings is 1. The Morgan fingerprint density at radius 1 is 1.22 bits per heavy atom. The molecule has 1 N–H and O–H groups in total. The highest BCUT2D eigenvalue weighted by Gasteiger charge is 2.26. The monoisotopic (exact) mass is 310 g/mol. The molecule has 0 unspecified atom stereocenters. The Bertz CT molecular complexity index is 768. The van der Waals surface area contributed by atoms with Crippen LogP contribution in [-0.2, 0) is 11.2 Å². The fourth-order valence-electron chi connectivity index (χ4n) is 3.10. The fourth-order valence-corrected chi connectivity index (χ4v) is 3.10. The number of anilines is 1. The molecule has 1 aliphatic rings. The highest BCUT2D eigenvalue weighted by molar-refractivity contribution is 5.94. The van der Waals surface area contributed by atoms with Crippen LogP contribution in [0.25, 0.3) is 11.1 Å². The molecule has 2 aromatic rings. The number of nitrogens with zero attached hydrogens (tertiary/aromatic N) is 2. The summed E-state index contributed by atoms with van der Waals surface area (Å²) in [5.74, 6) is -0.980. The normalized spacial score (nSPS) is 16.8. The predicted molar refractivity (Wildman–Crippen MR) is 87.6 cm³/mol. The number of aromatic nitrogens is 1. The fraction of sp³-hybridized carbons (Fsp3) is 0.278. The van der Waals surface area contributed by atoms with Gasteiger partial charge in [0.1, 0.15) is 5.69 Å². The van der Waals surface area contributed by atoms with Crippen LogP contribution in [0.4, 0.5) is 5.69 Å². The Balaban J connectivity index is 1.98. The lowest BCUT2D eigenvalue weighted by Gasteiger charge is -2.34. The zero-order chi connectivity index (χ0) is 16.6. The molecule has 0 saturated carbocycles. The van der Waals surface area contributed by atoms with Gasteiger partial charge in [0.15, 0.2) is 0 Å². The molecule has 2 heterocycles. The van der Waals surface area contributed by atoms with Crippen LogP contribution in [0.1, 0.15) is 36.3 Å². The Morgan fingerprint density at radius 2 is 1.96 bits per heavy atom. The van der Waals surface area contributed by atoms with E-state index in [4.69, 9.17) is 5.11 Å². The van der Waals surface area contributed by atoms with E-state index in [0.29, 0.717) is 0 Å². The number of amides is 1. The molecule has 0 bridgehead atoms. The number of hydrogen-bond acceptors (Lipinski definition) is 3. The number of rotatable bonds is 2. The molecule has 1 aromatic carbocycles. The molecule has 0 spiro atoms. The minimum Gasteiger partial charge on any atom is -0.477 e. The predicted octanol–water partition coefficient (Wildman–Crippen LogP) is 3.13. The van der Waals surface area contributed by atoms with E-state index in [2.05, 4.69) is 18.0 Å². The molecule has 0 radical (unpaired) electrons. The number of carboxylic acids is 1. The maximum absolute atomic E-state index is 11.9. The third-order valence-corrected chi connectivity index (χ3v) is 4.27. The molecule has 0 aliphatic carbocycles. The summed E-state index contributed by atoms with van der Waals surface area (Å²) in [4.78, 5) is 28.6. The van der Waals surface area contributed by atoms with Crippen molar-refractivity contribution in [3.05, 3.63) is 47.8 Å². The van der Waals surface area contributed by atoms with Crippen molar-refractivity contribution in [2.24, 2.45) is 0 Å². The summed E-state index contributed by atoms with van der Waals surface area (Å²) in [6.45, 7) is 3.65. The van der Waals surface area contributed by atoms with Gasteiger partial charge in [0.25, 0.3) is 0 Å². The zero-order valence-electron chi connectivity index (χ0n) is 13.1. The van der Waals surface area contributed by atoms with Crippen molar-refractivity contribution in [1.82, 2.24) is 4.98 Å². The van der Waals surface area contributed by atoms with E-state index < -0.39 is 5.97 Å². The van der Waals surface area contributed by atoms with E-state index in [0.717, 1.165) is 35.2 Å². The van der Waals surface area contributed by atoms with Gasteiger partial charge in [0, 0.05) is 30.4 Å². The van der Waals surface area contributed by atoms with Crippen molar-refractivity contribution in [3.8, 4) is 11.1 Å². The van der Waals surface area contributed by atoms with Crippen LogP contribution in [0.5, 0.6) is 0 Å². The first-order chi connectivity index (χ1) is 11.0. The van der Waals surface area contributed by atoms with Crippen molar-refractivity contribution >= 4 is 17.6 Å². The van der Waals surface area contributed by atoms with E-state index in [-0.39, 0.29) is 17.6 Å². The van der Waals surface area contributed by atoms with Crippen LogP contribution in [0.15, 0.2) is 36.5 Å². The van der Waals surface area contributed by atoms with Gasteiger partial charge in [0.05, 0.1) is 0 Å². The molecule has 5 nitrogen and oxygen atoms in total. The van der Waals surface area contributed by atoms with Crippen LogP contribution in [0.2, 0.25) is 0 Å². The highest BCUT2D eigenvalue weighted by atomic mass is 16.4. The Morgan fingerprint density at radius 3 is 2.57 bits per heavy atom. The van der Waals surface area contributed by atoms with Gasteiger partial charge in [-0.05, 0) is 49.1 Å². The molecule has 1 atom stereocenters. The molecule has 3 rings (SSSR count). The van der Waals surface area contributed by atoms with E-state index in [1.54, 1.807) is 19.2 Å². The minimum absolute atomic E-state index is 0.0308. The van der Waals surface area contributed by atoms with Crippen LogP contribution in [0, 0.1) is 0 Å². The van der Waals surface area contributed by atoms with Crippen molar-refractivity contribution in [2.75, 3.05) is 4.90 Å². The van der Waals surface area contributed by atoms with Crippen molar-refractivity contribution < 1.29 is 14.7 Å². The minimum atomic E-state index is -1.03. The third-order valence-electron chi connectivity index (χ3n) is 4.27. The van der Waals surface area contributed by atoms with E-state index >= 15 is 0 Å². The molecule has 118 valence electrons. The molecule has 5 heteroatoms. The van der Waals surface area contributed by atoms with Gasteiger partial charge in [-0.25, -0.2) is 9.78 Å². The SMILES string of the molecule is CC(=O)N1c2ccc(-c3ccc(C(=O)O)nc3)cc2CC[C@@H]1C. The Labute approximate surface area is 134 Å². The molecule has 1 amide bonds. The lowest BCUT2D eigenvalue weighted by Crippen LogP contribution is -2.40. The van der Waals surface area contributed by atoms with Gasteiger partial charge < -0.3 is 10.0 Å². The van der Waals surface area contributed by atoms with Gasteiger partial charge in [-0.3, -0.25) is 4.79 Å². The van der Waals surface area contributed by atoms with Crippen LogP contribution in [-0.4, -0.2) is 28.0 Å². The number of carboxylic acid groups (broad SMARTS) is 1. The number of carbonyl (C=O) groups excluding carboxylic acids is 1.